The highest BCUT2D eigenvalue weighted by Gasteiger charge is 2.20. The second-order valence-corrected chi connectivity index (χ2v) is 9.28. The van der Waals surface area contributed by atoms with Crippen LogP contribution in [0.5, 0.6) is 5.75 Å². The van der Waals surface area contributed by atoms with Gasteiger partial charge in [-0.3, -0.25) is 0 Å². The molecule has 0 atom stereocenters. The predicted octanol–water partition coefficient (Wildman–Crippen LogP) is 8.26. The topological polar surface area (TPSA) is 41.6 Å². The minimum absolute atomic E-state index is 0.141. The van der Waals surface area contributed by atoms with Gasteiger partial charge in [0.25, 0.3) is 0 Å². The molecule has 0 aliphatic carbocycles. The molecule has 4 aromatic carbocycles. The Balaban J connectivity index is 1.60. The van der Waals surface area contributed by atoms with Crippen molar-refractivity contribution >= 4 is 34.9 Å². The molecule has 0 spiro atoms. The van der Waals surface area contributed by atoms with Crippen LogP contribution in [0, 0.1) is 0 Å². The summed E-state index contributed by atoms with van der Waals surface area (Å²) >= 11 is 12.4. The first-order valence-electron chi connectivity index (χ1n) is 11.8. The number of carbonyl (C=O) groups excluding carboxylic acids is 1. The van der Waals surface area contributed by atoms with Crippen molar-refractivity contribution in [1.29, 1.82) is 0 Å². The SMILES string of the molecule is COc1ccccc1NC(=O)N(CCC(c1ccccc1)c1ccccc1)Cc1ccc(Cl)c(Cl)c1. The lowest BCUT2D eigenvalue weighted by atomic mass is 9.88. The molecular weight excluding hydrogens is 491 g/mol. The third kappa shape index (κ3) is 6.60. The maximum absolute atomic E-state index is 13.5. The number of halogens is 2. The van der Waals surface area contributed by atoms with Gasteiger partial charge in [0.05, 0.1) is 22.8 Å². The Hall–Kier alpha value is -3.47. The van der Waals surface area contributed by atoms with Crippen molar-refractivity contribution in [2.24, 2.45) is 0 Å². The average molecular weight is 519 g/mol. The van der Waals surface area contributed by atoms with Gasteiger partial charge < -0.3 is 15.0 Å². The number of hydrogen-bond donors (Lipinski definition) is 1. The van der Waals surface area contributed by atoms with Gasteiger partial charge in [0.15, 0.2) is 0 Å². The Labute approximate surface area is 222 Å². The smallest absolute Gasteiger partial charge is 0.322 e. The summed E-state index contributed by atoms with van der Waals surface area (Å²) in [6, 6.07) is 33.4. The Morgan fingerprint density at radius 2 is 1.44 bits per heavy atom. The Morgan fingerprint density at radius 1 is 0.833 bits per heavy atom. The second-order valence-electron chi connectivity index (χ2n) is 8.46. The van der Waals surface area contributed by atoms with Crippen molar-refractivity contribution in [3.63, 3.8) is 0 Å². The molecular formula is C30H28Cl2N2O2. The fraction of sp³-hybridized carbons (Fsp3) is 0.167. The number of para-hydroxylation sites is 2. The van der Waals surface area contributed by atoms with E-state index in [1.165, 1.54) is 11.1 Å². The number of benzene rings is 4. The largest absolute Gasteiger partial charge is 0.495 e. The van der Waals surface area contributed by atoms with Crippen LogP contribution in [0.1, 0.15) is 29.0 Å². The zero-order valence-corrected chi connectivity index (χ0v) is 21.5. The summed E-state index contributed by atoms with van der Waals surface area (Å²) in [6.07, 6.45) is 0.745. The predicted molar refractivity (Wildman–Crippen MR) is 148 cm³/mol. The highest BCUT2D eigenvalue weighted by Crippen LogP contribution is 2.30. The van der Waals surface area contributed by atoms with E-state index in [-0.39, 0.29) is 11.9 Å². The van der Waals surface area contributed by atoms with E-state index >= 15 is 0 Å². The van der Waals surface area contributed by atoms with Gasteiger partial charge in [0, 0.05) is 19.0 Å². The molecule has 4 aromatic rings. The van der Waals surface area contributed by atoms with Gasteiger partial charge in [0.2, 0.25) is 0 Å². The molecule has 0 unspecified atom stereocenters. The lowest BCUT2D eigenvalue weighted by molar-refractivity contribution is 0.207. The maximum Gasteiger partial charge on any atom is 0.322 e. The van der Waals surface area contributed by atoms with Gasteiger partial charge in [0.1, 0.15) is 5.75 Å². The monoisotopic (exact) mass is 518 g/mol. The Morgan fingerprint density at radius 3 is 2.06 bits per heavy atom. The summed E-state index contributed by atoms with van der Waals surface area (Å²) in [6.45, 7) is 0.907. The van der Waals surface area contributed by atoms with E-state index in [1.807, 2.05) is 66.7 Å². The molecule has 0 radical (unpaired) electrons. The summed E-state index contributed by atoms with van der Waals surface area (Å²) in [5.41, 5.74) is 3.94. The van der Waals surface area contributed by atoms with Crippen LogP contribution in [0.25, 0.3) is 0 Å². The third-order valence-corrected chi connectivity index (χ3v) is 6.82. The lowest BCUT2D eigenvalue weighted by Crippen LogP contribution is -2.36. The molecule has 2 amide bonds. The van der Waals surface area contributed by atoms with Crippen molar-refractivity contribution in [2.75, 3.05) is 19.0 Å². The number of amides is 2. The molecule has 36 heavy (non-hydrogen) atoms. The molecule has 0 saturated carbocycles. The van der Waals surface area contributed by atoms with Crippen LogP contribution >= 0.6 is 23.2 Å². The molecule has 0 fully saturated rings. The first-order chi connectivity index (χ1) is 17.5. The number of nitrogens with one attached hydrogen (secondary N) is 1. The van der Waals surface area contributed by atoms with E-state index in [2.05, 4.69) is 29.6 Å². The molecule has 1 N–H and O–H groups in total. The van der Waals surface area contributed by atoms with Crippen LogP contribution in [-0.4, -0.2) is 24.6 Å². The van der Waals surface area contributed by atoms with Gasteiger partial charge in [-0.1, -0.05) is 102 Å². The summed E-state index contributed by atoms with van der Waals surface area (Å²) in [4.78, 5) is 15.3. The Kier molecular flexibility index (Phi) is 8.88. The highest BCUT2D eigenvalue weighted by molar-refractivity contribution is 6.42. The van der Waals surface area contributed by atoms with Crippen LogP contribution < -0.4 is 10.1 Å². The zero-order valence-electron chi connectivity index (χ0n) is 20.0. The van der Waals surface area contributed by atoms with Gasteiger partial charge in [-0.2, -0.15) is 0 Å². The van der Waals surface area contributed by atoms with E-state index in [0.717, 1.165) is 12.0 Å². The molecule has 6 heteroatoms. The number of anilines is 1. The van der Waals surface area contributed by atoms with E-state index in [4.69, 9.17) is 27.9 Å². The number of ether oxygens (including phenoxy) is 1. The second kappa shape index (κ2) is 12.5. The molecule has 4 nitrogen and oxygen atoms in total. The molecule has 184 valence electrons. The highest BCUT2D eigenvalue weighted by atomic mass is 35.5. The number of nitrogens with zero attached hydrogens (tertiary/aromatic N) is 1. The van der Waals surface area contributed by atoms with E-state index in [9.17, 15) is 4.79 Å². The number of methoxy groups -OCH3 is 1. The Bertz CT molecular complexity index is 1240. The van der Waals surface area contributed by atoms with Crippen molar-refractivity contribution in [2.45, 2.75) is 18.9 Å². The normalized spacial score (nSPS) is 10.8. The standard InChI is InChI=1S/C30H28Cl2N2O2/c1-36-29-15-9-8-14-28(29)33-30(35)34(21-22-16-17-26(31)27(32)20-22)19-18-25(23-10-4-2-5-11-23)24-12-6-3-7-13-24/h2-17,20,25H,18-19,21H2,1H3,(H,33,35). The van der Waals surface area contributed by atoms with Crippen molar-refractivity contribution in [1.82, 2.24) is 4.90 Å². The van der Waals surface area contributed by atoms with Crippen LogP contribution in [0.2, 0.25) is 10.0 Å². The molecule has 0 heterocycles. The van der Waals surface area contributed by atoms with Crippen molar-refractivity contribution < 1.29 is 9.53 Å². The van der Waals surface area contributed by atoms with Gasteiger partial charge in [-0.25, -0.2) is 4.79 Å². The van der Waals surface area contributed by atoms with Crippen molar-refractivity contribution in [3.8, 4) is 5.75 Å². The molecule has 0 saturated heterocycles. The number of rotatable bonds is 9. The van der Waals surface area contributed by atoms with E-state index in [1.54, 1.807) is 24.1 Å². The van der Waals surface area contributed by atoms with Crippen LogP contribution in [0.4, 0.5) is 10.5 Å². The average Bonchev–Trinajstić information content (AvgIpc) is 2.91. The van der Waals surface area contributed by atoms with Crippen molar-refractivity contribution in [3.05, 3.63) is 130 Å². The lowest BCUT2D eigenvalue weighted by Gasteiger charge is -2.27. The molecule has 0 bridgehead atoms. The number of carbonyl (C=O) groups is 1. The summed E-state index contributed by atoms with van der Waals surface area (Å²) in [5.74, 6) is 0.745. The fourth-order valence-corrected chi connectivity index (χ4v) is 4.56. The summed E-state index contributed by atoms with van der Waals surface area (Å²) in [5, 5.41) is 3.96. The molecule has 0 aromatic heterocycles. The quantitative estimate of drug-likeness (QED) is 0.242. The van der Waals surface area contributed by atoms with Gasteiger partial charge in [-0.05, 0) is 47.4 Å². The molecule has 4 rings (SSSR count). The van der Waals surface area contributed by atoms with E-state index in [0.29, 0.717) is 34.6 Å². The maximum atomic E-state index is 13.5. The van der Waals surface area contributed by atoms with Crippen LogP contribution in [0.3, 0.4) is 0 Å². The molecule has 0 aliphatic heterocycles. The van der Waals surface area contributed by atoms with Gasteiger partial charge in [-0.15, -0.1) is 0 Å². The first-order valence-corrected chi connectivity index (χ1v) is 12.5. The summed E-state index contributed by atoms with van der Waals surface area (Å²) < 4.78 is 5.42. The minimum atomic E-state index is -0.217. The zero-order chi connectivity index (χ0) is 25.3. The van der Waals surface area contributed by atoms with E-state index < -0.39 is 0 Å². The fourth-order valence-electron chi connectivity index (χ4n) is 4.23. The van der Waals surface area contributed by atoms with Crippen LogP contribution in [-0.2, 0) is 6.54 Å². The van der Waals surface area contributed by atoms with Crippen LogP contribution in [0.15, 0.2) is 103 Å². The minimum Gasteiger partial charge on any atom is -0.495 e. The number of hydrogen-bond acceptors (Lipinski definition) is 2. The number of urea groups is 1. The van der Waals surface area contributed by atoms with Gasteiger partial charge >= 0.3 is 6.03 Å². The third-order valence-electron chi connectivity index (χ3n) is 6.08. The first kappa shape index (κ1) is 25.6. The summed E-state index contributed by atoms with van der Waals surface area (Å²) in [7, 11) is 1.59. The molecule has 0 aliphatic rings.